The fourth-order valence-electron chi connectivity index (χ4n) is 6.39. The first-order valence-electron chi connectivity index (χ1n) is 11.9. The van der Waals surface area contributed by atoms with E-state index in [1.54, 1.807) is 7.11 Å². The molecule has 31 heavy (non-hydrogen) atoms. The van der Waals surface area contributed by atoms with Gasteiger partial charge in [-0.15, -0.1) is 0 Å². The molecule has 5 heteroatoms. The van der Waals surface area contributed by atoms with Gasteiger partial charge in [0.25, 0.3) is 0 Å². The molecule has 1 saturated heterocycles. The molecular formula is C26H37NO4. The van der Waals surface area contributed by atoms with Crippen molar-refractivity contribution in [2.45, 2.75) is 83.8 Å². The van der Waals surface area contributed by atoms with Crippen LogP contribution in [0.5, 0.6) is 0 Å². The van der Waals surface area contributed by atoms with Crippen LogP contribution in [0.15, 0.2) is 18.2 Å². The number of hydrogen-bond acceptors (Lipinski definition) is 4. The zero-order chi connectivity index (χ0) is 22.4. The first-order chi connectivity index (χ1) is 14.7. The molecule has 170 valence electrons. The van der Waals surface area contributed by atoms with Gasteiger partial charge >= 0.3 is 5.97 Å². The Morgan fingerprint density at radius 3 is 2.48 bits per heavy atom. The molecule has 0 spiro atoms. The van der Waals surface area contributed by atoms with Crippen molar-refractivity contribution in [3.05, 3.63) is 34.9 Å². The van der Waals surface area contributed by atoms with Crippen molar-refractivity contribution in [1.82, 2.24) is 4.90 Å². The molecule has 3 aliphatic rings. The molecule has 1 saturated carbocycles. The summed E-state index contributed by atoms with van der Waals surface area (Å²) in [6.45, 7) is 9.92. The topological polar surface area (TPSA) is 55.8 Å². The summed E-state index contributed by atoms with van der Waals surface area (Å²) in [5, 5.41) is 0. The largest absolute Gasteiger partial charge is 0.462 e. The van der Waals surface area contributed by atoms with E-state index in [-0.39, 0.29) is 28.8 Å². The lowest BCUT2D eigenvalue weighted by atomic mass is 9.50. The molecule has 2 bridgehead atoms. The van der Waals surface area contributed by atoms with Gasteiger partial charge in [-0.1, -0.05) is 32.9 Å². The molecule has 1 unspecified atom stereocenters. The van der Waals surface area contributed by atoms with E-state index >= 15 is 0 Å². The zero-order valence-electron chi connectivity index (χ0n) is 19.7. The van der Waals surface area contributed by atoms with Crippen molar-refractivity contribution in [2.24, 2.45) is 11.3 Å². The highest BCUT2D eigenvalue weighted by molar-refractivity contribution is 5.92. The first-order valence-corrected chi connectivity index (χ1v) is 11.9. The summed E-state index contributed by atoms with van der Waals surface area (Å²) in [6, 6.07) is 6.13. The van der Waals surface area contributed by atoms with Crippen molar-refractivity contribution in [3.8, 4) is 0 Å². The lowest BCUT2D eigenvalue weighted by Crippen LogP contribution is -2.65. The van der Waals surface area contributed by atoms with Crippen LogP contribution < -0.4 is 0 Å². The molecule has 2 fully saturated rings. The van der Waals surface area contributed by atoms with E-state index in [0.717, 1.165) is 44.2 Å². The molecule has 1 aromatic carbocycles. The Labute approximate surface area is 186 Å². The quantitative estimate of drug-likeness (QED) is 0.664. The maximum atomic E-state index is 13.7. The third-order valence-electron chi connectivity index (χ3n) is 8.79. The van der Waals surface area contributed by atoms with Gasteiger partial charge < -0.3 is 14.4 Å². The Hall–Kier alpha value is -1.88. The molecule has 1 heterocycles. The number of likely N-dealkylation sites (tertiary alicyclic amines) is 1. The Morgan fingerprint density at radius 2 is 1.84 bits per heavy atom. The molecule has 1 aromatic rings. The van der Waals surface area contributed by atoms with Crippen LogP contribution in [0.4, 0.5) is 0 Å². The number of rotatable bonds is 4. The maximum Gasteiger partial charge on any atom is 0.338 e. The van der Waals surface area contributed by atoms with Gasteiger partial charge in [-0.05, 0) is 68.1 Å². The maximum absolute atomic E-state index is 13.7. The number of carbonyl (C=O) groups is 2. The number of hydrogen-bond donors (Lipinski definition) is 0. The first kappa shape index (κ1) is 22.3. The van der Waals surface area contributed by atoms with E-state index in [2.05, 4.69) is 31.7 Å². The second-order valence-electron chi connectivity index (χ2n) is 10.3. The van der Waals surface area contributed by atoms with Gasteiger partial charge in [0.2, 0.25) is 5.91 Å². The van der Waals surface area contributed by atoms with Gasteiger partial charge in [-0.2, -0.15) is 0 Å². The number of carbonyl (C=O) groups excluding carboxylic acids is 2. The number of esters is 1. The Balaban J connectivity index is 1.67. The molecule has 0 aromatic heterocycles. The summed E-state index contributed by atoms with van der Waals surface area (Å²) < 4.78 is 10.9. The van der Waals surface area contributed by atoms with E-state index in [1.807, 2.05) is 19.1 Å². The number of benzene rings is 1. The number of fused-ring (bicyclic) bond motifs is 4. The fraction of sp³-hybridized carbons (Fsp3) is 0.692. The van der Waals surface area contributed by atoms with Gasteiger partial charge in [-0.25, -0.2) is 4.79 Å². The average Bonchev–Trinajstić information content (AvgIpc) is 2.75. The average molecular weight is 428 g/mol. The van der Waals surface area contributed by atoms with E-state index < -0.39 is 0 Å². The Morgan fingerprint density at radius 1 is 1.13 bits per heavy atom. The highest BCUT2D eigenvalue weighted by Gasteiger charge is 2.57. The third kappa shape index (κ3) is 3.49. The Kier molecular flexibility index (Phi) is 5.93. The van der Waals surface area contributed by atoms with Crippen molar-refractivity contribution in [1.29, 1.82) is 0 Å². The summed E-state index contributed by atoms with van der Waals surface area (Å²) in [4.78, 5) is 28.5. The van der Waals surface area contributed by atoms with Crippen molar-refractivity contribution < 1.29 is 19.1 Å². The van der Waals surface area contributed by atoms with Gasteiger partial charge in [0, 0.05) is 31.0 Å². The van der Waals surface area contributed by atoms with Crippen LogP contribution in [0.3, 0.4) is 0 Å². The number of nitrogens with zero attached hydrogens (tertiary/aromatic N) is 1. The minimum absolute atomic E-state index is 0.0784. The van der Waals surface area contributed by atoms with Crippen molar-refractivity contribution >= 4 is 11.9 Å². The van der Waals surface area contributed by atoms with E-state index in [4.69, 9.17) is 9.47 Å². The van der Waals surface area contributed by atoms with Crippen LogP contribution in [0.1, 0.15) is 81.3 Å². The smallest absolute Gasteiger partial charge is 0.338 e. The molecule has 1 amide bonds. The van der Waals surface area contributed by atoms with Gasteiger partial charge in [0.05, 0.1) is 18.3 Å². The van der Waals surface area contributed by atoms with Crippen LogP contribution in [-0.2, 0) is 26.1 Å². The molecule has 2 atom stereocenters. The predicted molar refractivity (Wildman–Crippen MR) is 120 cm³/mol. The second-order valence-corrected chi connectivity index (χ2v) is 10.3. The van der Waals surface area contributed by atoms with Crippen LogP contribution in [-0.4, -0.2) is 49.2 Å². The summed E-state index contributed by atoms with van der Waals surface area (Å²) in [6.07, 6.45) is 5.65. The van der Waals surface area contributed by atoms with Gasteiger partial charge in [0.15, 0.2) is 0 Å². The summed E-state index contributed by atoms with van der Waals surface area (Å²) in [5.74, 6) is 0.136. The van der Waals surface area contributed by atoms with E-state index in [0.29, 0.717) is 30.6 Å². The number of methoxy groups -OCH3 is 1. The van der Waals surface area contributed by atoms with E-state index in [9.17, 15) is 9.59 Å². The van der Waals surface area contributed by atoms with Crippen LogP contribution in [0, 0.1) is 11.3 Å². The monoisotopic (exact) mass is 427 g/mol. The van der Waals surface area contributed by atoms with Crippen LogP contribution >= 0.6 is 0 Å². The van der Waals surface area contributed by atoms with Crippen molar-refractivity contribution in [2.75, 3.05) is 20.3 Å². The SMILES string of the molecule is CCOC(=O)c1cccc2c1CC1N(C(=O)C3CCC(OC)CC3)CC[C@]2(C)C1(C)C. The summed E-state index contributed by atoms with van der Waals surface area (Å²) >= 11 is 0. The van der Waals surface area contributed by atoms with Crippen LogP contribution in [0.2, 0.25) is 0 Å². The highest BCUT2D eigenvalue weighted by Crippen LogP contribution is 2.56. The summed E-state index contributed by atoms with van der Waals surface area (Å²) in [7, 11) is 1.77. The fourth-order valence-corrected chi connectivity index (χ4v) is 6.39. The Bertz CT molecular complexity index is 855. The second kappa shape index (κ2) is 8.23. The van der Waals surface area contributed by atoms with E-state index in [1.165, 1.54) is 5.56 Å². The third-order valence-corrected chi connectivity index (χ3v) is 8.79. The minimum Gasteiger partial charge on any atom is -0.462 e. The summed E-state index contributed by atoms with van der Waals surface area (Å²) in [5.41, 5.74) is 2.84. The zero-order valence-corrected chi connectivity index (χ0v) is 19.7. The molecule has 0 radical (unpaired) electrons. The number of amides is 1. The lowest BCUT2D eigenvalue weighted by molar-refractivity contribution is -0.150. The molecule has 0 N–H and O–H groups in total. The molecular weight excluding hydrogens is 390 g/mol. The minimum atomic E-state index is -0.253. The normalized spacial score (nSPS) is 31.6. The lowest BCUT2D eigenvalue weighted by Gasteiger charge is -2.61. The standard InChI is InChI=1S/C26H37NO4/c1-6-31-24(29)19-8-7-9-21-20(19)16-22-25(2,3)26(21,4)14-15-27(22)23(28)17-10-12-18(30-5)13-11-17/h7-9,17-18,22H,6,10-16H2,1-5H3/t17?,18?,22?,26-/m0/s1. The van der Waals surface area contributed by atoms with Gasteiger partial charge in [0.1, 0.15) is 0 Å². The number of piperidine rings is 1. The van der Waals surface area contributed by atoms with Crippen LogP contribution in [0.25, 0.3) is 0 Å². The predicted octanol–water partition coefficient (Wildman–Crippen LogP) is 4.51. The molecule has 5 nitrogen and oxygen atoms in total. The highest BCUT2D eigenvalue weighted by atomic mass is 16.5. The van der Waals surface area contributed by atoms with Crippen molar-refractivity contribution in [3.63, 3.8) is 0 Å². The molecule has 1 aliphatic heterocycles. The molecule has 2 aliphatic carbocycles. The van der Waals surface area contributed by atoms with Gasteiger partial charge in [-0.3, -0.25) is 4.79 Å². The molecule has 4 rings (SSSR count). The number of ether oxygens (including phenoxy) is 2.